The second-order valence-corrected chi connectivity index (χ2v) is 7.77. The number of unbranched alkanes of at least 4 members (excludes halogenated alkanes) is 3. The molecule has 1 heterocycles. The standard InChI is InChI=1S/C22H35NO/c1-5-7-8-9-14-23-15-13-22(4,18(3)17-23)20-12-11-19(10-6-2)21(24)16-20/h6,11-12,16,18,24H,2,5,7-10,13-15,17H2,1,3-4H3/t18-,22-/m0/s1. The van der Waals surface area contributed by atoms with Gasteiger partial charge in [-0.1, -0.05) is 58.2 Å². The maximum Gasteiger partial charge on any atom is 0.119 e. The van der Waals surface area contributed by atoms with E-state index in [2.05, 4.69) is 44.4 Å². The van der Waals surface area contributed by atoms with Crippen LogP contribution in [0.15, 0.2) is 30.9 Å². The van der Waals surface area contributed by atoms with Crippen LogP contribution in [0.2, 0.25) is 0 Å². The molecule has 0 aromatic heterocycles. The van der Waals surface area contributed by atoms with E-state index in [-0.39, 0.29) is 5.41 Å². The molecule has 1 saturated heterocycles. The molecule has 0 unspecified atom stereocenters. The minimum atomic E-state index is 0.157. The molecule has 0 saturated carbocycles. The summed E-state index contributed by atoms with van der Waals surface area (Å²) in [6.45, 7) is 14.3. The van der Waals surface area contributed by atoms with Crippen molar-refractivity contribution in [3.8, 4) is 5.75 Å². The molecule has 0 spiro atoms. The van der Waals surface area contributed by atoms with Crippen molar-refractivity contribution in [2.24, 2.45) is 5.92 Å². The summed E-state index contributed by atoms with van der Waals surface area (Å²) in [6, 6.07) is 6.28. The van der Waals surface area contributed by atoms with Gasteiger partial charge in [0.1, 0.15) is 5.75 Å². The largest absolute Gasteiger partial charge is 0.508 e. The smallest absolute Gasteiger partial charge is 0.119 e. The lowest BCUT2D eigenvalue weighted by Gasteiger charge is -2.45. The van der Waals surface area contributed by atoms with Crippen molar-refractivity contribution in [1.29, 1.82) is 0 Å². The third kappa shape index (κ3) is 4.42. The van der Waals surface area contributed by atoms with E-state index in [0.29, 0.717) is 11.7 Å². The van der Waals surface area contributed by atoms with Crippen molar-refractivity contribution >= 4 is 0 Å². The zero-order chi connectivity index (χ0) is 17.6. The molecule has 24 heavy (non-hydrogen) atoms. The zero-order valence-corrected chi connectivity index (χ0v) is 15.9. The zero-order valence-electron chi connectivity index (χ0n) is 15.9. The molecule has 2 atom stereocenters. The van der Waals surface area contributed by atoms with E-state index >= 15 is 0 Å². The van der Waals surface area contributed by atoms with Crippen molar-refractivity contribution in [2.45, 2.75) is 64.7 Å². The highest BCUT2D eigenvalue weighted by Gasteiger charge is 2.38. The van der Waals surface area contributed by atoms with Crippen LogP contribution < -0.4 is 0 Å². The minimum Gasteiger partial charge on any atom is -0.508 e. The van der Waals surface area contributed by atoms with Crippen LogP contribution in [-0.2, 0) is 11.8 Å². The third-order valence-corrected chi connectivity index (χ3v) is 6.00. The summed E-state index contributed by atoms with van der Waals surface area (Å²) in [4.78, 5) is 2.63. The predicted octanol–water partition coefficient (Wildman–Crippen LogP) is 5.30. The monoisotopic (exact) mass is 329 g/mol. The topological polar surface area (TPSA) is 23.5 Å². The molecule has 1 aliphatic heterocycles. The van der Waals surface area contributed by atoms with Gasteiger partial charge in [0.25, 0.3) is 0 Å². The number of nitrogens with zero attached hydrogens (tertiary/aromatic N) is 1. The summed E-state index contributed by atoms with van der Waals surface area (Å²) in [5.74, 6) is 1.02. The Morgan fingerprint density at radius 3 is 2.75 bits per heavy atom. The van der Waals surface area contributed by atoms with Crippen LogP contribution in [0.3, 0.4) is 0 Å². The van der Waals surface area contributed by atoms with Crippen LogP contribution in [0.25, 0.3) is 0 Å². The average Bonchev–Trinajstić information content (AvgIpc) is 2.57. The molecular formula is C22H35NO. The first-order chi connectivity index (χ1) is 11.5. The van der Waals surface area contributed by atoms with Crippen LogP contribution >= 0.6 is 0 Å². The fourth-order valence-corrected chi connectivity index (χ4v) is 3.96. The van der Waals surface area contributed by atoms with Crippen molar-refractivity contribution in [3.05, 3.63) is 42.0 Å². The molecule has 0 radical (unpaired) electrons. The average molecular weight is 330 g/mol. The molecular weight excluding hydrogens is 294 g/mol. The highest BCUT2D eigenvalue weighted by molar-refractivity contribution is 5.41. The number of piperidine rings is 1. The molecule has 1 fully saturated rings. The summed E-state index contributed by atoms with van der Waals surface area (Å²) in [7, 11) is 0. The van der Waals surface area contributed by atoms with Crippen LogP contribution in [0.1, 0.15) is 64.0 Å². The van der Waals surface area contributed by atoms with E-state index in [9.17, 15) is 5.11 Å². The van der Waals surface area contributed by atoms with Crippen LogP contribution in [0, 0.1) is 5.92 Å². The third-order valence-electron chi connectivity index (χ3n) is 6.00. The molecule has 2 nitrogen and oxygen atoms in total. The molecule has 0 aliphatic carbocycles. The molecule has 1 N–H and O–H groups in total. The lowest BCUT2D eigenvalue weighted by Crippen LogP contribution is -2.47. The number of hydrogen-bond donors (Lipinski definition) is 1. The Bertz CT molecular complexity index is 539. The minimum absolute atomic E-state index is 0.157. The Kier molecular flexibility index (Phi) is 6.91. The first-order valence-corrected chi connectivity index (χ1v) is 9.67. The van der Waals surface area contributed by atoms with E-state index in [4.69, 9.17) is 0 Å². The van der Waals surface area contributed by atoms with Crippen LogP contribution in [0.5, 0.6) is 5.75 Å². The number of aromatic hydroxyl groups is 1. The normalized spacial score (nSPS) is 24.9. The Hall–Kier alpha value is -1.28. The molecule has 1 aromatic rings. The van der Waals surface area contributed by atoms with Gasteiger partial charge >= 0.3 is 0 Å². The van der Waals surface area contributed by atoms with Gasteiger partial charge in [0.05, 0.1) is 0 Å². The second kappa shape index (κ2) is 8.71. The van der Waals surface area contributed by atoms with Crippen molar-refractivity contribution in [2.75, 3.05) is 19.6 Å². The van der Waals surface area contributed by atoms with Crippen molar-refractivity contribution < 1.29 is 5.11 Å². The number of hydrogen-bond acceptors (Lipinski definition) is 2. The van der Waals surface area contributed by atoms with E-state index < -0.39 is 0 Å². The molecule has 1 aromatic carbocycles. The number of phenols is 1. The molecule has 0 bridgehead atoms. The van der Waals surface area contributed by atoms with Gasteiger partial charge in [-0.05, 0) is 60.9 Å². The number of allylic oxidation sites excluding steroid dienone is 1. The highest BCUT2D eigenvalue weighted by Crippen LogP contribution is 2.41. The van der Waals surface area contributed by atoms with Gasteiger partial charge < -0.3 is 10.0 Å². The summed E-state index contributed by atoms with van der Waals surface area (Å²) < 4.78 is 0. The summed E-state index contributed by atoms with van der Waals surface area (Å²) >= 11 is 0. The maximum absolute atomic E-state index is 10.3. The Morgan fingerprint density at radius 2 is 2.12 bits per heavy atom. The van der Waals surface area contributed by atoms with Crippen molar-refractivity contribution in [1.82, 2.24) is 4.90 Å². The predicted molar refractivity (Wildman–Crippen MR) is 104 cm³/mol. The van der Waals surface area contributed by atoms with Crippen LogP contribution in [-0.4, -0.2) is 29.6 Å². The van der Waals surface area contributed by atoms with Crippen molar-refractivity contribution in [3.63, 3.8) is 0 Å². The van der Waals surface area contributed by atoms with Gasteiger partial charge in [-0.2, -0.15) is 0 Å². The van der Waals surface area contributed by atoms with Gasteiger partial charge in [-0.3, -0.25) is 0 Å². The maximum atomic E-state index is 10.3. The van der Waals surface area contributed by atoms with Gasteiger partial charge in [0.2, 0.25) is 0 Å². The van der Waals surface area contributed by atoms with E-state index in [0.717, 1.165) is 18.5 Å². The highest BCUT2D eigenvalue weighted by atomic mass is 16.3. The summed E-state index contributed by atoms with van der Waals surface area (Å²) in [5.41, 5.74) is 2.41. The number of phenolic OH excluding ortho intramolecular Hbond substituents is 1. The lowest BCUT2D eigenvalue weighted by atomic mass is 9.68. The molecule has 1 aliphatic rings. The Morgan fingerprint density at radius 1 is 1.33 bits per heavy atom. The molecule has 2 heteroatoms. The van der Waals surface area contributed by atoms with E-state index in [1.807, 2.05) is 12.1 Å². The van der Waals surface area contributed by atoms with Gasteiger partial charge in [0, 0.05) is 6.54 Å². The fraction of sp³-hybridized carbons (Fsp3) is 0.636. The molecule has 0 amide bonds. The molecule has 2 rings (SSSR count). The first-order valence-electron chi connectivity index (χ1n) is 9.67. The van der Waals surface area contributed by atoms with Crippen LogP contribution in [0.4, 0.5) is 0 Å². The quantitative estimate of drug-likeness (QED) is 0.517. The second-order valence-electron chi connectivity index (χ2n) is 7.77. The summed E-state index contributed by atoms with van der Waals surface area (Å²) in [6.07, 6.45) is 9.09. The first kappa shape index (κ1) is 19.1. The van der Waals surface area contributed by atoms with E-state index in [1.165, 1.54) is 50.8 Å². The lowest BCUT2D eigenvalue weighted by molar-refractivity contribution is 0.109. The summed E-state index contributed by atoms with van der Waals surface area (Å²) in [5, 5.41) is 10.3. The Labute approximate surface area is 148 Å². The SMILES string of the molecule is C=CCc1ccc([C@@]2(C)CCN(CCCCCC)C[C@@H]2C)cc1O. The molecule has 134 valence electrons. The fourth-order valence-electron chi connectivity index (χ4n) is 3.96. The van der Waals surface area contributed by atoms with Gasteiger partial charge in [-0.15, -0.1) is 6.58 Å². The van der Waals surface area contributed by atoms with E-state index in [1.54, 1.807) is 0 Å². The number of likely N-dealkylation sites (tertiary alicyclic amines) is 1. The number of rotatable bonds is 8. The number of benzene rings is 1. The Balaban J connectivity index is 2.01. The van der Waals surface area contributed by atoms with Gasteiger partial charge in [0.15, 0.2) is 0 Å². The van der Waals surface area contributed by atoms with Gasteiger partial charge in [-0.25, -0.2) is 0 Å².